The van der Waals surface area contributed by atoms with Crippen LogP contribution in [-0.4, -0.2) is 33.9 Å². The van der Waals surface area contributed by atoms with Crippen molar-refractivity contribution in [2.24, 2.45) is 0 Å². The van der Waals surface area contributed by atoms with Crippen LogP contribution in [0.15, 0.2) is 12.3 Å². The average Bonchev–Trinajstić information content (AvgIpc) is 2.30. The molecule has 0 aromatic carbocycles. The highest BCUT2D eigenvalue weighted by atomic mass is 35.5. The third kappa shape index (κ3) is 3.29. The minimum absolute atomic E-state index is 0.00903. The molecule has 0 saturated heterocycles. The van der Waals surface area contributed by atoms with Crippen LogP contribution in [0.4, 0.5) is 5.82 Å². The molecule has 0 fully saturated rings. The largest absolute Gasteiger partial charge is 0.464 e. The average molecular weight is 261 g/mol. The SMILES string of the molecule is CCOC(=O)C(O)C(O)c1cc(Cl)cnc1N. The molecular formula is C10H13ClN2O4. The van der Waals surface area contributed by atoms with E-state index in [-0.39, 0.29) is 23.0 Å². The predicted molar refractivity (Wildman–Crippen MR) is 61.3 cm³/mol. The molecule has 0 amide bonds. The van der Waals surface area contributed by atoms with Gasteiger partial charge < -0.3 is 20.7 Å². The number of carbonyl (C=O) groups excluding carboxylic acids is 1. The molecule has 7 heteroatoms. The first kappa shape index (κ1) is 13.7. The normalized spacial score (nSPS) is 14.1. The van der Waals surface area contributed by atoms with E-state index < -0.39 is 18.2 Å². The monoisotopic (exact) mass is 260 g/mol. The third-order valence-corrected chi connectivity index (χ3v) is 2.27. The van der Waals surface area contributed by atoms with Gasteiger partial charge in [0.15, 0.2) is 6.10 Å². The predicted octanol–water partition coefficient (Wildman–Crippen LogP) is 0.275. The number of nitrogens with zero attached hydrogens (tertiary/aromatic N) is 1. The molecule has 0 aliphatic heterocycles. The van der Waals surface area contributed by atoms with E-state index >= 15 is 0 Å². The molecule has 0 saturated carbocycles. The number of rotatable bonds is 4. The molecule has 1 aromatic heterocycles. The summed E-state index contributed by atoms with van der Waals surface area (Å²) in [4.78, 5) is 14.9. The summed E-state index contributed by atoms with van der Waals surface area (Å²) in [5.41, 5.74) is 5.59. The van der Waals surface area contributed by atoms with Crippen LogP contribution in [0.1, 0.15) is 18.6 Å². The molecule has 2 unspecified atom stereocenters. The maximum Gasteiger partial charge on any atom is 0.338 e. The number of pyridine rings is 1. The van der Waals surface area contributed by atoms with Gasteiger partial charge in [0.25, 0.3) is 0 Å². The second-order valence-corrected chi connectivity index (χ2v) is 3.71. The molecule has 17 heavy (non-hydrogen) atoms. The minimum atomic E-state index is -1.72. The highest BCUT2D eigenvalue weighted by molar-refractivity contribution is 6.30. The van der Waals surface area contributed by atoms with Crippen molar-refractivity contribution in [1.29, 1.82) is 0 Å². The van der Waals surface area contributed by atoms with Gasteiger partial charge in [0, 0.05) is 11.8 Å². The second-order valence-electron chi connectivity index (χ2n) is 3.27. The number of halogens is 1. The molecule has 1 aromatic rings. The summed E-state index contributed by atoms with van der Waals surface area (Å²) in [6.45, 7) is 1.69. The first-order chi connectivity index (χ1) is 7.97. The zero-order valence-electron chi connectivity index (χ0n) is 9.13. The Bertz CT molecular complexity index is 413. The second kappa shape index (κ2) is 5.81. The lowest BCUT2D eigenvalue weighted by atomic mass is 10.1. The molecule has 0 bridgehead atoms. The number of carbonyl (C=O) groups is 1. The minimum Gasteiger partial charge on any atom is -0.464 e. The van der Waals surface area contributed by atoms with E-state index in [0.29, 0.717) is 0 Å². The van der Waals surface area contributed by atoms with Gasteiger partial charge in [-0.15, -0.1) is 0 Å². The number of aliphatic hydroxyl groups excluding tert-OH is 2. The van der Waals surface area contributed by atoms with Crippen LogP contribution < -0.4 is 5.73 Å². The van der Waals surface area contributed by atoms with Crippen molar-refractivity contribution < 1.29 is 19.7 Å². The van der Waals surface area contributed by atoms with Crippen LogP contribution in [0.2, 0.25) is 5.02 Å². The Balaban J connectivity index is 2.91. The van der Waals surface area contributed by atoms with Crippen LogP contribution in [0, 0.1) is 0 Å². The topological polar surface area (TPSA) is 106 Å². The van der Waals surface area contributed by atoms with Crippen LogP contribution in [0.3, 0.4) is 0 Å². The van der Waals surface area contributed by atoms with E-state index in [1.54, 1.807) is 6.92 Å². The van der Waals surface area contributed by atoms with E-state index in [0.717, 1.165) is 0 Å². The van der Waals surface area contributed by atoms with Crippen LogP contribution in [0.5, 0.6) is 0 Å². The van der Waals surface area contributed by atoms with Crippen molar-refractivity contribution >= 4 is 23.4 Å². The Morgan fingerprint density at radius 1 is 1.65 bits per heavy atom. The van der Waals surface area contributed by atoms with Crippen LogP contribution in [-0.2, 0) is 9.53 Å². The highest BCUT2D eigenvalue weighted by Crippen LogP contribution is 2.25. The van der Waals surface area contributed by atoms with Gasteiger partial charge in [0.2, 0.25) is 0 Å². The summed E-state index contributed by atoms with van der Waals surface area (Å²) in [5.74, 6) is -0.940. The maximum atomic E-state index is 11.2. The van der Waals surface area contributed by atoms with Crippen LogP contribution in [0.25, 0.3) is 0 Å². The number of ether oxygens (including phenoxy) is 1. The fourth-order valence-corrected chi connectivity index (χ4v) is 1.40. The number of hydrogen-bond acceptors (Lipinski definition) is 6. The van der Waals surface area contributed by atoms with Gasteiger partial charge >= 0.3 is 5.97 Å². The molecule has 4 N–H and O–H groups in total. The van der Waals surface area contributed by atoms with Crippen molar-refractivity contribution in [3.8, 4) is 0 Å². The fourth-order valence-electron chi connectivity index (χ4n) is 1.23. The van der Waals surface area contributed by atoms with Gasteiger partial charge in [0.05, 0.1) is 11.6 Å². The van der Waals surface area contributed by atoms with Gasteiger partial charge in [-0.3, -0.25) is 0 Å². The highest BCUT2D eigenvalue weighted by Gasteiger charge is 2.28. The lowest BCUT2D eigenvalue weighted by Crippen LogP contribution is -2.30. The van der Waals surface area contributed by atoms with Gasteiger partial charge in [-0.1, -0.05) is 11.6 Å². The molecule has 1 rings (SSSR count). The summed E-state index contributed by atoms with van der Waals surface area (Å²) in [7, 11) is 0. The van der Waals surface area contributed by atoms with E-state index in [1.165, 1.54) is 12.3 Å². The zero-order chi connectivity index (χ0) is 13.0. The number of anilines is 1. The summed E-state index contributed by atoms with van der Waals surface area (Å²) >= 11 is 5.68. The Kier molecular flexibility index (Phi) is 4.68. The first-order valence-corrected chi connectivity index (χ1v) is 5.28. The van der Waals surface area contributed by atoms with Gasteiger partial charge in [-0.25, -0.2) is 9.78 Å². The Morgan fingerprint density at radius 2 is 2.29 bits per heavy atom. The van der Waals surface area contributed by atoms with E-state index in [9.17, 15) is 15.0 Å². The number of nitrogen functional groups attached to an aromatic ring is 1. The maximum absolute atomic E-state index is 11.2. The molecule has 94 valence electrons. The van der Waals surface area contributed by atoms with Crippen molar-refractivity contribution in [3.63, 3.8) is 0 Å². The summed E-state index contributed by atoms with van der Waals surface area (Å²) in [6, 6.07) is 1.33. The Labute approximate surface area is 103 Å². The molecular weight excluding hydrogens is 248 g/mol. The Morgan fingerprint density at radius 3 is 2.88 bits per heavy atom. The number of aromatic nitrogens is 1. The zero-order valence-corrected chi connectivity index (χ0v) is 9.89. The molecule has 2 atom stereocenters. The molecule has 6 nitrogen and oxygen atoms in total. The van der Waals surface area contributed by atoms with Crippen molar-refractivity contribution in [2.75, 3.05) is 12.3 Å². The first-order valence-electron chi connectivity index (χ1n) is 4.91. The number of aliphatic hydroxyl groups is 2. The number of esters is 1. The summed E-state index contributed by atoms with van der Waals surface area (Å²) in [5, 5.41) is 19.5. The molecule has 0 radical (unpaired) electrons. The standard InChI is InChI=1S/C10H13ClN2O4/c1-2-17-10(16)8(15)7(14)6-3-5(11)4-13-9(6)12/h3-4,7-8,14-15H,2H2,1H3,(H2,12,13). The van der Waals surface area contributed by atoms with Crippen LogP contribution >= 0.6 is 11.6 Å². The van der Waals surface area contributed by atoms with Gasteiger partial charge in [-0.2, -0.15) is 0 Å². The summed E-state index contributed by atoms with van der Waals surface area (Å²) < 4.78 is 4.57. The lowest BCUT2D eigenvalue weighted by Gasteiger charge is -2.17. The molecule has 0 spiro atoms. The van der Waals surface area contributed by atoms with Crippen molar-refractivity contribution in [3.05, 3.63) is 22.8 Å². The van der Waals surface area contributed by atoms with Gasteiger partial charge in [-0.05, 0) is 13.0 Å². The summed E-state index contributed by atoms with van der Waals surface area (Å²) in [6.07, 6.45) is -1.96. The lowest BCUT2D eigenvalue weighted by molar-refractivity contribution is -0.159. The third-order valence-electron chi connectivity index (χ3n) is 2.06. The Hall–Kier alpha value is -1.37. The van der Waals surface area contributed by atoms with E-state index in [2.05, 4.69) is 9.72 Å². The fraction of sp³-hybridized carbons (Fsp3) is 0.400. The van der Waals surface area contributed by atoms with Crippen molar-refractivity contribution in [2.45, 2.75) is 19.1 Å². The quantitative estimate of drug-likeness (QED) is 0.671. The van der Waals surface area contributed by atoms with Crippen molar-refractivity contribution in [1.82, 2.24) is 4.98 Å². The molecule has 0 aliphatic rings. The molecule has 0 aliphatic carbocycles. The van der Waals surface area contributed by atoms with E-state index in [1.807, 2.05) is 0 Å². The molecule has 1 heterocycles. The number of nitrogens with two attached hydrogens (primary N) is 1. The number of hydrogen-bond donors (Lipinski definition) is 3. The smallest absolute Gasteiger partial charge is 0.338 e. The van der Waals surface area contributed by atoms with E-state index in [4.69, 9.17) is 17.3 Å². The van der Waals surface area contributed by atoms with Gasteiger partial charge in [0.1, 0.15) is 11.9 Å².